The summed E-state index contributed by atoms with van der Waals surface area (Å²) in [5.41, 5.74) is 2.89. The first-order valence-electron chi connectivity index (χ1n) is 5.92. The average Bonchev–Trinajstić information content (AvgIpc) is 2.40. The number of benzene rings is 2. The highest BCUT2D eigenvalue weighted by atomic mass is 35.5. The lowest BCUT2D eigenvalue weighted by Gasteiger charge is -2.11. The van der Waals surface area contributed by atoms with Crippen molar-refractivity contribution in [3.8, 4) is 5.75 Å². The van der Waals surface area contributed by atoms with E-state index >= 15 is 0 Å². The molecule has 0 saturated heterocycles. The third kappa shape index (κ3) is 3.38. The van der Waals surface area contributed by atoms with E-state index in [-0.39, 0.29) is 11.6 Å². The number of methoxy groups -OCH3 is 1. The molecule has 19 heavy (non-hydrogen) atoms. The van der Waals surface area contributed by atoms with Crippen molar-refractivity contribution in [3.63, 3.8) is 0 Å². The molecule has 0 fully saturated rings. The molecule has 0 spiro atoms. The number of hydrogen-bond donors (Lipinski definition) is 1. The van der Waals surface area contributed by atoms with Crippen LogP contribution >= 0.6 is 11.6 Å². The lowest BCUT2D eigenvalue weighted by Crippen LogP contribution is -2.02. The fourth-order valence-corrected chi connectivity index (χ4v) is 1.97. The summed E-state index contributed by atoms with van der Waals surface area (Å²) in [7, 11) is 1.45. The zero-order valence-electron chi connectivity index (χ0n) is 10.8. The monoisotopic (exact) mass is 279 g/mol. The lowest BCUT2D eigenvalue weighted by atomic mass is 10.1. The van der Waals surface area contributed by atoms with Gasteiger partial charge in [-0.3, -0.25) is 0 Å². The summed E-state index contributed by atoms with van der Waals surface area (Å²) < 4.78 is 18.4. The zero-order chi connectivity index (χ0) is 13.8. The minimum absolute atomic E-state index is 0.252. The molecule has 2 nitrogen and oxygen atoms in total. The van der Waals surface area contributed by atoms with Crippen LogP contribution in [-0.2, 0) is 6.54 Å². The van der Waals surface area contributed by atoms with E-state index in [0.717, 1.165) is 16.8 Å². The second kappa shape index (κ2) is 5.93. The largest absolute Gasteiger partial charge is 0.494 e. The first-order valence-corrected chi connectivity index (χ1v) is 6.30. The van der Waals surface area contributed by atoms with Crippen molar-refractivity contribution in [1.29, 1.82) is 0 Å². The van der Waals surface area contributed by atoms with Gasteiger partial charge >= 0.3 is 0 Å². The Labute approximate surface area is 117 Å². The number of ether oxygens (including phenoxy) is 1. The molecule has 0 atom stereocenters. The molecule has 0 aliphatic heterocycles. The molecule has 0 aliphatic carbocycles. The number of halogens is 2. The van der Waals surface area contributed by atoms with Crippen LogP contribution in [0.15, 0.2) is 36.4 Å². The van der Waals surface area contributed by atoms with Crippen LogP contribution in [0.25, 0.3) is 0 Å². The second-order valence-electron chi connectivity index (χ2n) is 4.28. The van der Waals surface area contributed by atoms with Crippen molar-refractivity contribution in [2.45, 2.75) is 13.5 Å². The van der Waals surface area contributed by atoms with Crippen LogP contribution in [0.2, 0.25) is 5.02 Å². The molecular formula is C15H15ClFNO. The maximum Gasteiger partial charge on any atom is 0.165 e. The van der Waals surface area contributed by atoms with Gasteiger partial charge in [0.05, 0.1) is 7.11 Å². The van der Waals surface area contributed by atoms with Crippen LogP contribution in [0, 0.1) is 12.7 Å². The Morgan fingerprint density at radius 1 is 1.21 bits per heavy atom. The van der Waals surface area contributed by atoms with Gasteiger partial charge in [-0.15, -0.1) is 0 Å². The molecule has 0 bridgehead atoms. The Balaban J connectivity index is 2.10. The minimum Gasteiger partial charge on any atom is -0.494 e. The van der Waals surface area contributed by atoms with Gasteiger partial charge in [-0.25, -0.2) is 4.39 Å². The number of aryl methyl sites for hydroxylation is 1. The Morgan fingerprint density at radius 3 is 2.68 bits per heavy atom. The molecule has 2 aromatic carbocycles. The predicted molar refractivity (Wildman–Crippen MR) is 76.5 cm³/mol. The van der Waals surface area contributed by atoms with Gasteiger partial charge in [0.25, 0.3) is 0 Å². The summed E-state index contributed by atoms with van der Waals surface area (Å²) in [6.07, 6.45) is 0. The Bertz CT molecular complexity index is 586. The molecule has 0 aliphatic rings. The first-order chi connectivity index (χ1) is 9.10. The Morgan fingerprint density at radius 2 is 2.00 bits per heavy atom. The number of anilines is 1. The van der Waals surface area contributed by atoms with Crippen molar-refractivity contribution in [2.75, 3.05) is 12.4 Å². The maximum absolute atomic E-state index is 13.5. The van der Waals surface area contributed by atoms with Crippen molar-refractivity contribution in [2.24, 2.45) is 0 Å². The summed E-state index contributed by atoms with van der Waals surface area (Å²) >= 11 is 5.95. The van der Waals surface area contributed by atoms with Gasteiger partial charge in [-0.05, 0) is 42.3 Å². The topological polar surface area (TPSA) is 21.3 Å². The van der Waals surface area contributed by atoms with E-state index in [1.165, 1.54) is 13.2 Å². The molecule has 0 amide bonds. The van der Waals surface area contributed by atoms with E-state index < -0.39 is 0 Å². The van der Waals surface area contributed by atoms with E-state index in [1.54, 1.807) is 6.07 Å². The number of hydrogen-bond acceptors (Lipinski definition) is 2. The van der Waals surface area contributed by atoms with Crippen LogP contribution in [-0.4, -0.2) is 7.11 Å². The minimum atomic E-state index is -0.357. The van der Waals surface area contributed by atoms with E-state index in [9.17, 15) is 4.39 Å². The van der Waals surface area contributed by atoms with E-state index in [1.807, 2.05) is 31.2 Å². The van der Waals surface area contributed by atoms with Crippen LogP contribution < -0.4 is 10.1 Å². The van der Waals surface area contributed by atoms with Gasteiger partial charge in [0, 0.05) is 17.3 Å². The molecule has 4 heteroatoms. The van der Waals surface area contributed by atoms with Gasteiger partial charge in [0.1, 0.15) is 0 Å². The molecule has 100 valence electrons. The van der Waals surface area contributed by atoms with Crippen LogP contribution in [0.4, 0.5) is 10.1 Å². The fraction of sp³-hybridized carbons (Fsp3) is 0.200. The van der Waals surface area contributed by atoms with E-state index in [4.69, 9.17) is 16.3 Å². The van der Waals surface area contributed by atoms with E-state index in [2.05, 4.69) is 5.32 Å². The van der Waals surface area contributed by atoms with Crippen molar-refractivity contribution >= 4 is 17.3 Å². The molecule has 1 N–H and O–H groups in total. The summed E-state index contributed by atoms with van der Waals surface area (Å²) in [6, 6.07) is 10.6. The van der Waals surface area contributed by atoms with Crippen LogP contribution in [0.3, 0.4) is 0 Å². The molecule has 0 heterocycles. The van der Waals surface area contributed by atoms with Crippen LogP contribution in [0.5, 0.6) is 5.75 Å². The van der Waals surface area contributed by atoms with Crippen molar-refractivity contribution < 1.29 is 9.13 Å². The second-order valence-corrected chi connectivity index (χ2v) is 4.72. The molecule has 2 rings (SSSR count). The zero-order valence-corrected chi connectivity index (χ0v) is 11.6. The van der Waals surface area contributed by atoms with Crippen LogP contribution in [0.1, 0.15) is 11.1 Å². The van der Waals surface area contributed by atoms with Gasteiger partial charge in [0.2, 0.25) is 0 Å². The van der Waals surface area contributed by atoms with Crippen molar-refractivity contribution in [3.05, 3.63) is 58.4 Å². The summed E-state index contributed by atoms with van der Waals surface area (Å²) in [5, 5.41) is 3.92. The molecular weight excluding hydrogens is 265 g/mol. The summed E-state index contributed by atoms with van der Waals surface area (Å²) in [6.45, 7) is 2.52. The third-order valence-electron chi connectivity index (χ3n) is 2.90. The first kappa shape index (κ1) is 13.7. The predicted octanol–water partition coefficient (Wildman–Crippen LogP) is 4.41. The highest BCUT2D eigenvalue weighted by molar-refractivity contribution is 6.30. The quantitative estimate of drug-likeness (QED) is 0.895. The highest BCUT2D eigenvalue weighted by Gasteiger charge is 2.04. The normalized spacial score (nSPS) is 10.3. The standard InChI is InChI=1S/C15H15ClFNO/c1-10-3-5-12(16)8-14(10)18-9-11-4-6-15(19-2)13(17)7-11/h3-8,18H,9H2,1-2H3. The summed E-state index contributed by atoms with van der Waals surface area (Å²) in [4.78, 5) is 0. The number of rotatable bonds is 4. The Kier molecular flexibility index (Phi) is 4.27. The molecule has 0 radical (unpaired) electrons. The van der Waals surface area contributed by atoms with E-state index in [0.29, 0.717) is 11.6 Å². The van der Waals surface area contributed by atoms with Gasteiger partial charge < -0.3 is 10.1 Å². The third-order valence-corrected chi connectivity index (χ3v) is 3.13. The summed E-state index contributed by atoms with van der Waals surface area (Å²) in [5.74, 6) is -0.104. The maximum atomic E-state index is 13.5. The molecule has 0 unspecified atom stereocenters. The average molecular weight is 280 g/mol. The molecule has 0 aromatic heterocycles. The SMILES string of the molecule is COc1ccc(CNc2cc(Cl)ccc2C)cc1F. The van der Waals surface area contributed by atoms with Gasteiger partial charge in [-0.1, -0.05) is 23.7 Å². The molecule has 0 saturated carbocycles. The van der Waals surface area contributed by atoms with Gasteiger partial charge in [-0.2, -0.15) is 0 Å². The lowest BCUT2D eigenvalue weighted by molar-refractivity contribution is 0.386. The van der Waals surface area contributed by atoms with Gasteiger partial charge in [0.15, 0.2) is 11.6 Å². The Hall–Kier alpha value is -1.74. The van der Waals surface area contributed by atoms with Crippen molar-refractivity contribution in [1.82, 2.24) is 0 Å². The highest BCUT2D eigenvalue weighted by Crippen LogP contribution is 2.22. The smallest absolute Gasteiger partial charge is 0.165 e. The fourth-order valence-electron chi connectivity index (χ4n) is 1.80. The molecule has 2 aromatic rings. The number of nitrogens with one attached hydrogen (secondary N) is 1.